The topological polar surface area (TPSA) is 73.9 Å². The zero-order valence-corrected chi connectivity index (χ0v) is 16.3. The lowest BCUT2D eigenvalue weighted by Gasteiger charge is -2.10. The molecule has 2 rings (SSSR count). The average Bonchev–Trinajstić information content (AvgIpc) is 2.68. The molecular formula is C20H22ClNO5. The Kier molecular flexibility index (Phi) is 7.49. The first-order valence-corrected chi connectivity index (χ1v) is 8.74. The minimum atomic E-state index is -0.456. The number of nitrogens with one attached hydrogen (secondary N) is 1. The summed E-state index contributed by atoms with van der Waals surface area (Å²) in [7, 11) is 3.11. The van der Waals surface area contributed by atoms with Crippen LogP contribution in [0.25, 0.3) is 0 Å². The minimum Gasteiger partial charge on any atom is -0.493 e. The first-order valence-electron chi connectivity index (χ1n) is 8.36. The molecule has 0 aliphatic rings. The molecule has 0 aromatic heterocycles. The smallest absolute Gasteiger partial charge is 0.306 e. The van der Waals surface area contributed by atoms with Crippen LogP contribution >= 0.6 is 11.6 Å². The molecule has 0 atom stereocenters. The maximum Gasteiger partial charge on any atom is 0.306 e. The number of carbonyl (C=O) groups is 2. The number of hydrogen-bond acceptors (Lipinski definition) is 5. The van der Waals surface area contributed by atoms with E-state index < -0.39 is 11.9 Å². The van der Waals surface area contributed by atoms with Crippen molar-refractivity contribution in [3.8, 4) is 11.5 Å². The van der Waals surface area contributed by atoms with E-state index in [1.165, 1.54) is 0 Å². The van der Waals surface area contributed by atoms with E-state index in [1.54, 1.807) is 51.5 Å². The summed E-state index contributed by atoms with van der Waals surface area (Å²) in [4.78, 5) is 23.8. The van der Waals surface area contributed by atoms with Gasteiger partial charge in [0.25, 0.3) is 5.91 Å². The van der Waals surface area contributed by atoms with Gasteiger partial charge in [-0.2, -0.15) is 0 Å². The highest BCUT2D eigenvalue weighted by Crippen LogP contribution is 2.28. The van der Waals surface area contributed by atoms with Gasteiger partial charge in [0, 0.05) is 17.1 Å². The van der Waals surface area contributed by atoms with Gasteiger partial charge in [0.15, 0.2) is 18.1 Å². The number of hydrogen-bond donors (Lipinski definition) is 1. The Labute approximate surface area is 163 Å². The predicted octanol–water partition coefficient (Wildman–Crippen LogP) is 3.78. The van der Waals surface area contributed by atoms with Crippen LogP contribution in [0.3, 0.4) is 0 Å². The fourth-order valence-corrected chi connectivity index (χ4v) is 2.60. The van der Waals surface area contributed by atoms with Gasteiger partial charge in [-0.05, 0) is 48.7 Å². The normalized spacial score (nSPS) is 10.2. The minimum absolute atomic E-state index is 0.152. The number of carbonyl (C=O) groups excluding carboxylic acids is 2. The maximum atomic E-state index is 11.9. The first kappa shape index (κ1) is 20.6. The molecule has 144 valence electrons. The lowest BCUT2D eigenvalue weighted by Crippen LogP contribution is -2.21. The van der Waals surface area contributed by atoms with E-state index in [1.807, 2.05) is 6.07 Å². The molecule has 1 N–H and O–H groups in total. The Balaban J connectivity index is 1.80. The van der Waals surface area contributed by atoms with Crippen LogP contribution in [-0.2, 0) is 20.7 Å². The Morgan fingerprint density at radius 3 is 2.52 bits per heavy atom. The molecule has 6 nitrogen and oxygen atoms in total. The van der Waals surface area contributed by atoms with E-state index in [-0.39, 0.29) is 13.0 Å². The van der Waals surface area contributed by atoms with Gasteiger partial charge in [-0.3, -0.25) is 9.59 Å². The van der Waals surface area contributed by atoms with Gasteiger partial charge in [0.05, 0.1) is 14.2 Å². The summed E-state index contributed by atoms with van der Waals surface area (Å²) in [6.45, 7) is 1.45. The highest BCUT2D eigenvalue weighted by Gasteiger charge is 2.11. The molecule has 7 heteroatoms. The molecule has 0 saturated carbocycles. The van der Waals surface area contributed by atoms with Gasteiger partial charge >= 0.3 is 5.97 Å². The molecule has 0 aliphatic heterocycles. The molecule has 2 aromatic rings. The number of methoxy groups -OCH3 is 2. The summed E-state index contributed by atoms with van der Waals surface area (Å²) in [5, 5.41) is 3.23. The van der Waals surface area contributed by atoms with Crippen molar-refractivity contribution in [1.82, 2.24) is 0 Å². The Morgan fingerprint density at radius 2 is 1.81 bits per heavy atom. The molecule has 1 amide bonds. The van der Waals surface area contributed by atoms with Crippen molar-refractivity contribution in [3.63, 3.8) is 0 Å². The van der Waals surface area contributed by atoms with Gasteiger partial charge in [0.1, 0.15) is 0 Å². The van der Waals surface area contributed by atoms with Crippen molar-refractivity contribution < 1.29 is 23.8 Å². The molecule has 0 saturated heterocycles. The summed E-state index contributed by atoms with van der Waals surface area (Å²) in [6.07, 6.45) is 0.618. The monoisotopic (exact) mass is 391 g/mol. The molecule has 0 heterocycles. The van der Waals surface area contributed by atoms with Gasteiger partial charge in [0.2, 0.25) is 0 Å². The largest absolute Gasteiger partial charge is 0.493 e. The summed E-state index contributed by atoms with van der Waals surface area (Å²) in [5.74, 6) is 0.346. The summed E-state index contributed by atoms with van der Waals surface area (Å²) in [5.41, 5.74) is 2.25. The number of benzene rings is 2. The van der Waals surface area contributed by atoms with E-state index in [0.29, 0.717) is 28.6 Å². The van der Waals surface area contributed by atoms with Crippen molar-refractivity contribution in [2.75, 3.05) is 26.1 Å². The van der Waals surface area contributed by atoms with Crippen molar-refractivity contribution >= 4 is 29.2 Å². The van der Waals surface area contributed by atoms with Gasteiger partial charge in [-0.1, -0.05) is 23.7 Å². The molecule has 2 aromatic carbocycles. The van der Waals surface area contributed by atoms with Crippen molar-refractivity contribution in [2.45, 2.75) is 19.8 Å². The van der Waals surface area contributed by atoms with Crippen LogP contribution in [0.15, 0.2) is 36.4 Å². The van der Waals surface area contributed by atoms with Gasteiger partial charge < -0.3 is 19.5 Å². The number of aryl methyl sites for hydroxylation is 1. The zero-order chi connectivity index (χ0) is 19.8. The molecule has 0 spiro atoms. The van der Waals surface area contributed by atoms with Crippen LogP contribution in [0.1, 0.15) is 17.5 Å². The summed E-state index contributed by atoms with van der Waals surface area (Å²) >= 11 is 6.01. The predicted molar refractivity (Wildman–Crippen MR) is 104 cm³/mol. The molecule has 0 bridgehead atoms. The second kappa shape index (κ2) is 9.83. The van der Waals surface area contributed by atoms with Gasteiger partial charge in [-0.15, -0.1) is 0 Å². The number of anilines is 1. The highest BCUT2D eigenvalue weighted by atomic mass is 35.5. The summed E-state index contributed by atoms with van der Waals surface area (Å²) in [6, 6.07) is 10.6. The second-order valence-corrected chi connectivity index (χ2v) is 6.22. The molecule has 27 heavy (non-hydrogen) atoms. The Morgan fingerprint density at radius 1 is 1.07 bits per heavy atom. The molecule has 0 fully saturated rings. The van der Waals surface area contributed by atoms with Crippen molar-refractivity contribution in [3.05, 3.63) is 52.5 Å². The zero-order valence-electron chi connectivity index (χ0n) is 15.5. The Bertz CT molecular complexity index is 822. The van der Waals surface area contributed by atoms with E-state index in [9.17, 15) is 9.59 Å². The molecule has 0 aliphatic carbocycles. The van der Waals surface area contributed by atoms with Crippen LogP contribution in [0.5, 0.6) is 11.5 Å². The molecule has 0 radical (unpaired) electrons. The fraction of sp³-hybridized carbons (Fsp3) is 0.300. The number of halogens is 1. The van der Waals surface area contributed by atoms with E-state index in [2.05, 4.69) is 5.32 Å². The third kappa shape index (κ3) is 5.89. The lowest BCUT2D eigenvalue weighted by atomic mass is 10.1. The lowest BCUT2D eigenvalue weighted by molar-refractivity contribution is -0.147. The molecular weight excluding hydrogens is 370 g/mol. The number of esters is 1. The SMILES string of the molecule is COc1ccc(CCC(=O)OCC(=O)Nc2cccc(Cl)c2C)cc1OC. The summed E-state index contributed by atoms with van der Waals surface area (Å²) < 4.78 is 15.4. The van der Waals surface area contributed by atoms with Crippen molar-refractivity contribution in [2.24, 2.45) is 0 Å². The maximum absolute atomic E-state index is 11.9. The number of rotatable bonds is 8. The number of ether oxygens (including phenoxy) is 3. The van der Waals surface area contributed by atoms with Crippen molar-refractivity contribution in [1.29, 1.82) is 0 Å². The van der Waals surface area contributed by atoms with Crippen LogP contribution in [0, 0.1) is 6.92 Å². The second-order valence-electron chi connectivity index (χ2n) is 5.81. The third-order valence-corrected chi connectivity index (χ3v) is 4.38. The van der Waals surface area contributed by atoms with Crippen LogP contribution in [0.4, 0.5) is 5.69 Å². The highest BCUT2D eigenvalue weighted by molar-refractivity contribution is 6.31. The standard InChI is InChI=1S/C20H22ClNO5/c1-13-15(21)5-4-6-16(13)22-19(23)12-27-20(24)10-8-14-7-9-17(25-2)18(11-14)26-3/h4-7,9,11H,8,10,12H2,1-3H3,(H,22,23). The van der Waals surface area contributed by atoms with E-state index >= 15 is 0 Å². The third-order valence-electron chi connectivity index (χ3n) is 3.97. The van der Waals surface area contributed by atoms with E-state index in [4.69, 9.17) is 25.8 Å². The number of amides is 1. The van der Waals surface area contributed by atoms with Crippen LogP contribution in [0.2, 0.25) is 5.02 Å². The fourth-order valence-electron chi connectivity index (χ4n) is 2.43. The molecule has 0 unspecified atom stereocenters. The van der Waals surface area contributed by atoms with Gasteiger partial charge in [-0.25, -0.2) is 0 Å². The van der Waals surface area contributed by atoms with E-state index in [0.717, 1.165) is 11.1 Å². The quantitative estimate of drug-likeness (QED) is 0.693. The van der Waals surface area contributed by atoms with Crippen LogP contribution < -0.4 is 14.8 Å². The first-order chi connectivity index (χ1) is 12.9. The Hall–Kier alpha value is -2.73. The van der Waals surface area contributed by atoms with Crippen LogP contribution in [-0.4, -0.2) is 32.7 Å². The average molecular weight is 392 g/mol.